The molecule has 4 aromatic carbocycles. The van der Waals surface area contributed by atoms with Crippen LogP contribution >= 0.6 is 0 Å². The van der Waals surface area contributed by atoms with Gasteiger partial charge in [-0.1, -0.05) is 103 Å². The smallest absolute Gasteiger partial charge is 0.208 e. The molecular weight excluding hydrogens is 325 g/mol. The molecule has 0 N–H and O–H groups in total. The molecule has 0 saturated carbocycles. The van der Waals surface area contributed by atoms with E-state index in [0.29, 0.717) is 6.71 Å². The quantitative estimate of drug-likeness (QED) is 0.405. The van der Waals surface area contributed by atoms with Gasteiger partial charge in [0.05, 0.1) is 11.0 Å². The van der Waals surface area contributed by atoms with Crippen LogP contribution in [0.5, 0.6) is 0 Å². The van der Waals surface area contributed by atoms with Crippen LogP contribution in [0.25, 0.3) is 27.5 Å². The Balaban J connectivity index is 1.82. The number of benzene rings is 4. The highest BCUT2D eigenvalue weighted by atomic mass is 15.0. The van der Waals surface area contributed by atoms with Crippen LogP contribution in [0.1, 0.15) is 0 Å². The molecule has 0 fully saturated rings. The second-order valence-corrected chi connectivity index (χ2v) is 7.06. The lowest BCUT2D eigenvalue weighted by Gasteiger charge is -2.17. The van der Waals surface area contributed by atoms with Crippen molar-refractivity contribution >= 4 is 39.4 Å². The van der Waals surface area contributed by atoms with Crippen molar-refractivity contribution in [1.82, 2.24) is 4.57 Å². The van der Waals surface area contributed by atoms with Crippen LogP contribution in [0.4, 0.5) is 0 Å². The summed E-state index contributed by atoms with van der Waals surface area (Å²) >= 11 is 0. The molecule has 27 heavy (non-hydrogen) atoms. The number of fused-ring (bicyclic) bond motifs is 3. The van der Waals surface area contributed by atoms with Crippen molar-refractivity contribution in [3.63, 3.8) is 0 Å². The molecule has 0 amide bonds. The van der Waals surface area contributed by atoms with E-state index in [1.165, 1.54) is 38.4 Å². The highest BCUT2D eigenvalue weighted by Crippen LogP contribution is 2.31. The zero-order valence-corrected chi connectivity index (χ0v) is 15.3. The van der Waals surface area contributed by atoms with Crippen molar-refractivity contribution in [2.45, 2.75) is 6.82 Å². The largest absolute Gasteiger partial charge is 0.310 e. The highest BCUT2D eigenvalue weighted by Gasteiger charge is 2.19. The Morgan fingerprint density at radius 2 is 1.07 bits per heavy atom. The third-order valence-corrected chi connectivity index (χ3v) is 5.52. The fourth-order valence-corrected chi connectivity index (χ4v) is 4.16. The average Bonchev–Trinajstić information content (AvgIpc) is 3.08. The van der Waals surface area contributed by atoms with E-state index in [0.717, 1.165) is 0 Å². The second-order valence-electron chi connectivity index (χ2n) is 7.06. The van der Waals surface area contributed by atoms with E-state index in [2.05, 4.69) is 115 Å². The Morgan fingerprint density at radius 3 is 1.74 bits per heavy atom. The molecule has 0 bridgehead atoms. The van der Waals surface area contributed by atoms with E-state index >= 15 is 0 Å². The molecule has 1 nitrogen and oxygen atoms in total. The summed E-state index contributed by atoms with van der Waals surface area (Å²) in [5.41, 5.74) is 6.45. The maximum atomic E-state index is 2.42. The molecule has 0 aliphatic carbocycles. The van der Waals surface area contributed by atoms with Crippen molar-refractivity contribution in [3.8, 4) is 5.69 Å². The van der Waals surface area contributed by atoms with Gasteiger partial charge in [-0.25, -0.2) is 0 Å². The Hall–Kier alpha value is -3.26. The first-order valence-electron chi connectivity index (χ1n) is 9.47. The minimum Gasteiger partial charge on any atom is -0.310 e. The molecule has 0 aliphatic rings. The van der Waals surface area contributed by atoms with Gasteiger partial charge in [-0.15, -0.1) is 0 Å². The first-order valence-corrected chi connectivity index (χ1v) is 9.47. The third kappa shape index (κ3) is 2.57. The fourth-order valence-electron chi connectivity index (χ4n) is 4.16. The summed E-state index contributed by atoms with van der Waals surface area (Å²) in [4.78, 5) is 0. The SMILES string of the molecule is CB(c1ccccc1)c1ccccc1-n1c2ccccc2c2ccccc21. The summed E-state index contributed by atoms with van der Waals surface area (Å²) in [6, 6.07) is 36.9. The van der Waals surface area contributed by atoms with Crippen LogP contribution < -0.4 is 10.9 Å². The van der Waals surface area contributed by atoms with Gasteiger partial charge in [-0.2, -0.15) is 0 Å². The van der Waals surface area contributed by atoms with Gasteiger partial charge in [0.2, 0.25) is 6.71 Å². The van der Waals surface area contributed by atoms with Gasteiger partial charge in [0.15, 0.2) is 0 Å². The monoisotopic (exact) mass is 345 g/mol. The second kappa shape index (κ2) is 6.48. The molecule has 0 spiro atoms. The van der Waals surface area contributed by atoms with Gasteiger partial charge in [-0.3, -0.25) is 0 Å². The van der Waals surface area contributed by atoms with E-state index < -0.39 is 0 Å². The van der Waals surface area contributed by atoms with Crippen LogP contribution in [0.3, 0.4) is 0 Å². The van der Waals surface area contributed by atoms with E-state index in [4.69, 9.17) is 0 Å². The summed E-state index contributed by atoms with van der Waals surface area (Å²) in [7, 11) is 0. The molecule has 5 rings (SSSR count). The van der Waals surface area contributed by atoms with Crippen LogP contribution in [-0.2, 0) is 0 Å². The summed E-state index contributed by atoms with van der Waals surface area (Å²) < 4.78 is 2.42. The normalized spacial score (nSPS) is 11.1. The standard InChI is InChI=1S/C25H20BN/c1-26(19-11-3-2-4-12-19)22-15-7-10-18-25(22)27-23-16-8-5-13-20(23)21-14-6-9-17-24(21)27/h2-18H,1H3. The Labute approximate surface area is 160 Å². The Bertz CT molecular complexity index is 1180. The predicted octanol–water partition coefficient (Wildman–Crippen LogP) is 5.02. The average molecular weight is 345 g/mol. The third-order valence-electron chi connectivity index (χ3n) is 5.52. The van der Waals surface area contributed by atoms with Gasteiger partial charge in [0.1, 0.15) is 0 Å². The van der Waals surface area contributed by atoms with E-state index in [1.54, 1.807) is 0 Å². The molecular formula is C25H20BN. The van der Waals surface area contributed by atoms with Crippen molar-refractivity contribution in [2.75, 3.05) is 0 Å². The van der Waals surface area contributed by atoms with Crippen LogP contribution in [0, 0.1) is 0 Å². The first kappa shape index (κ1) is 16.0. The van der Waals surface area contributed by atoms with E-state index in [1.807, 2.05) is 0 Å². The maximum Gasteiger partial charge on any atom is 0.208 e. The molecule has 128 valence electrons. The number of aromatic nitrogens is 1. The first-order chi connectivity index (χ1) is 13.3. The number of para-hydroxylation sites is 3. The fraction of sp³-hybridized carbons (Fsp3) is 0.0400. The lowest BCUT2D eigenvalue weighted by Crippen LogP contribution is -2.41. The molecule has 2 heteroatoms. The van der Waals surface area contributed by atoms with Crippen LogP contribution in [0.15, 0.2) is 103 Å². The van der Waals surface area contributed by atoms with Crippen molar-refractivity contribution in [2.24, 2.45) is 0 Å². The van der Waals surface area contributed by atoms with E-state index in [-0.39, 0.29) is 0 Å². The lowest BCUT2D eigenvalue weighted by molar-refractivity contribution is 1.19. The van der Waals surface area contributed by atoms with Crippen molar-refractivity contribution in [1.29, 1.82) is 0 Å². The zero-order chi connectivity index (χ0) is 18.2. The van der Waals surface area contributed by atoms with Crippen LogP contribution in [0.2, 0.25) is 6.82 Å². The van der Waals surface area contributed by atoms with Gasteiger partial charge < -0.3 is 4.57 Å². The summed E-state index contributed by atoms with van der Waals surface area (Å²) in [6.45, 7) is 2.62. The van der Waals surface area contributed by atoms with Crippen molar-refractivity contribution in [3.05, 3.63) is 103 Å². The minimum atomic E-state index is 0.322. The summed E-state index contributed by atoms with van der Waals surface area (Å²) in [6.07, 6.45) is 0. The molecule has 0 radical (unpaired) electrons. The topological polar surface area (TPSA) is 4.93 Å². The number of hydrogen-bond donors (Lipinski definition) is 0. The molecule has 1 heterocycles. The van der Waals surface area contributed by atoms with Crippen LogP contribution in [-0.4, -0.2) is 11.3 Å². The minimum absolute atomic E-state index is 0.322. The lowest BCUT2D eigenvalue weighted by atomic mass is 9.42. The number of hydrogen-bond acceptors (Lipinski definition) is 0. The maximum absolute atomic E-state index is 2.42. The van der Waals surface area contributed by atoms with E-state index in [9.17, 15) is 0 Å². The predicted molar refractivity (Wildman–Crippen MR) is 118 cm³/mol. The Kier molecular flexibility index (Phi) is 3.83. The number of rotatable bonds is 3. The molecule has 0 aliphatic heterocycles. The van der Waals surface area contributed by atoms with Gasteiger partial charge in [-0.05, 0) is 18.2 Å². The molecule has 0 saturated heterocycles. The summed E-state index contributed by atoms with van der Waals surface area (Å²) in [5, 5.41) is 2.60. The van der Waals surface area contributed by atoms with Gasteiger partial charge in [0, 0.05) is 16.5 Å². The molecule has 5 aromatic rings. The molecule has 1 aromatic heterocycles. The van der Waals surface area contributed by atoms with Crippen molar-refractivity contribution < 1.29 is 0 Å². The molecule has 0 atom stereocenters. The molecule has 0 unspecified atom stereocenters. The number of nitrogens with zero attached hydrogens (tertiary/aromatic N) is 1. The highest BCUT2D eigenvalue weighted by molar-refractivity contribution is 6.84. The summed E-state index contributed by atoms with van der Waals surface area (Å²) in [5.74, 6) is 0. The zero-order valence-electron chi connectivity index (χ0n) is 15.3. The Morgan fingerprint density at radius 1 is 0.556 bits per heavy atom. The van der Waals surface area contributed by atoms with Gasteiger partial charge in [0.25, 0.3) is 0 Å². The van der Waals surface area contributed by atoms with Gasteiger partial charge >= 0.3 is 0 Å².